The van der Waals surface area contributed by atoms with Gasteiger partial charge in [0.05, 0.1) is 7.11 Å². The summed E-state index contributed by atoms with van der Waals surface area (Å²) in [5.74, 6) is 1.48. The van der Waals surface area contributed by atoms with Gasteiger partial charge in [-0.15, -0.1) is 0 Å². The highest BCUT2D eigenvalue weighted by molar-refractivity contribution is 5.89. The van der Waals surface area contributed by atoms with E-state index < -0.39 is 0 Å². The molecule has 0 radical (unpaired) electrons. The van der Waals surface area contributed by atoms with E-state index in [9.17, 15) is 0 Å². The number of hydrogen-bond donors (Lipinski definition) is 0. The van der Waals surface area contributed by atoms with Gasteiger partial charge in [-0.25, -0.2) is 0 Å². The number of rotatable bonds is 2. The lowest BCUT2D eigenvalue weighted by molar-refractivity contribution is 0.294. The summed E-state index contributed by atoms with van der Waals surface area (Å²) in [4.78, 5) is 2.45. The van der Waals surface area contributed by atoms with Crippen LogP contribution in [0.1, 0.15) is 29.0 Å². The summed E-state index contributed by atoms with van der Waals surface area (Å²) in [6.45, 7) is 2.28. The highest BCUT2D eigenvalue weighted by Crippen LogP contribution is 2.48. The average Bonchev–Trinajstić information content (AvgIpc) is 2.89. The molecule has 1 saturated heterocycles. The zero-order chi connectivity index (χ0) is 15.1. The Morgan fingerprint density at radius 2 is 1.82 bits per heavy atom. The largest absolute Gasteiger partial charge is 0.497 e. The molecule has 2 nitrogen and oxygen atoms in total. The van der Waals surface area contributed by atoms with Crippen LogP contribution in [-0.2, 0) is 0 Å². The monoisotopic (exact) mass is 291 g/mol. The Balaban J connectivity index is 1.86. The number of ether oxygens (including phenoxy) is 1. The van der Waals surface area contributed by atoms with Crippen molar-refractivity contribution in [1.82, 2.24) is 4.90 Å². The van der Waals surface area contributed by atoms with E-state index >= 15 is 0 Å². The molecule has 0 N–H and O–H groups in total. The number of hydrogen-bond acceptors (Lipinski definition) is 2. The Kier molecular flexibility index (Phi) is 3.27. The molecule has 2 heteroatoms. The fourth-order valence-corrected chi connectivity index (χ4v) is 3.88. The van der Waals surface area contributed by atoms with E-state index in [1.165, 1.54) is 22.3 Å². The minimum absolute atomic E-state index is 0.562. The first-order valence-electron chi connectivity index (χ1n) is 7.93. The summed E-state index contributed by atoms with van der Waals surface area (Å²) in [7, 11) is 3.94. The van der Waals surface area contributed by atoms with Crippen LogP contribution in [0.4, 0.5) is 0 Å². The number of likely N-dealkylation sites (tertiary alicyclic amines) is 1. The van der Waals surface area contributed by atoms with Gasteiger partial charge < -0.3 is 9.64 Å². The smallest absolute Gasteiger partial charge is 0.118 e. The fraction of sp³-hybridized carbons (Fsp3) is 0.300. The van der Waals surface area contributed by atoms with Gasteiger partial charge in [-0.1, -0.05) is 42.0 Å². The van der Waals surface area contributed by atoms with Gasteiger partial charge in [-0.05, 0) is 47.9 Å². The molecule has 22 heavy (non-hydrogen) atoms. The Hall–Kier alpha value is -2.06. The molecule has 1 aliphatic carbocycles. The lowest BCUT2D eigenvalue weighted by Gasteiger charge is -2.30. The highest BCUT2D eigenvalue weighted by Gasteiger charge is 2.34. The third-order valence-electron chi connectivity index (χ3n) is 4.98. The van der Waals surface area contributed by atoms with Crippen molar-refractivity contribution in [2.75, 3.05) is 27.2 Å². The van der Waals surface area contributed by atoms with Crippen molar-refractivity contribution in [3.05, 3.63) is 70.8 Å². The van der Waals surface area contributed by atoms with E-state index in [1.807, 2.05) is 0 Å². The predicted molar refractivity (Wildman–Crippen MR) is 90.3 cm³/mol. The Bertz CT molecular complexity index is 730. The topological polar surface area (TPSA) is 12.5 Å². The molecule has 0 aromatic heterocycles. The first-order chi connectivity index (χ1) is 10.8. The maximum Gasteiger partial charge on any atom is 0.118 e. The molecule has 1 heterocycles. The molecule has 0 spiro atoms. The number of likely N-dealkylation sites (N-methyl/N-ethyl adjacent to an activating group) is 1. The molecule has 4 rings (SSSR count). The molecule has 1 atom stereocenters. The van der Waals surface area contributed by atoms with E-state index in [2.05, 4.69) is 60.5 Å². The lowest BCUT2D eigenvalue weighted by atomic mass is 9.89. The van der Waals surface area contributed by atoms with Gasteiger partial charge >= 0.3 is 0 Å². The van der Waals surface area contributed by atoms with E-state index in [-0.39, 0.29) is 0 Å². The van der Waals surface area contributed by atoms with E-state index in [4.69, 9.17) is 4.74 Å². The standard InChI is InChI=1S/C20H21NO/c1-21-12-11-18-19(13-21)16-5-3-4-6-17(16)20(18)14-7-9-15(22-2)10-8-14/h3-10,19H,11-13H2,1-2H3. The predicted octanol–water partition coefficient (Wildman–Crippen LogP) is 3.93. The van der Waals surface area contributed by atoms with Gasteiger partial charge in [-0.2, -0.15) is 0 Å². The second kappa shape index (κ2) is 5.29. The summed E-state index contributed by atoms with van der Waals surface area (Å²) in [6, 6.07) is 17.4. The molecule has 1 aliphatic heterocycles. The van der Waals surface area contributed by atoms with Crippen LogP contribution in [0.3, 0.4) is 0 Å². The van der Waals surface area contributed by atoms with Crippen molar-refractivity contribution in [3.63, 3.8) is 0 Å². The minimum atomic E-state index is 0.562. The van der Waals surface area contributed by atoms with Gasteiger partial charge in [-0.3, -0.25) is 0 Å². The van der Waals surface area contributed by atoms with Crippen LogP contribution in [0.5, 0.6) is 5.75 Å². The summed E-state index contributed by atoms with van der Waals surface area (Å²) >= 11 is 0. The summed E-state index contributed by atoms with van der Waals surface area (Å²) in [5, 5.41) is 0. The maximum atomic E-state index is 5.30. The number of fused-ring (bicyclic) bond motifs is 3. The molecule has 112 valence electrons. The van der Waals surface area contributed by atoms with Crippen molar-refractivity contribution in [3.8, 4) is 5.75 Å². The second-order valence-corrected chi connectivity index (χ2v) is 6.28. The molecule has 2 aliphatic rings. The van der Waals surface area contributed by atoms with E-state index in [0.717, 1.165) is 25.3 Å². The molecule has 0 bridgehead atoms. The molecular weight excluding hydrogens is 270 g/mol. The van der Waals surface area contributed by atoms with Crippen molar-refractivity contribution >= 4 is 5.57 Å². The molecule has 2 aromatic carbocycles. The van der Waals surface area contributed by atoms with E-state index in [0.29, 0.717) is 5.92 Å². The SMILES string of the molecule is COc1ccc(C2=C3CCN(C)CC3c3ccccc32)cc1. The van der Waals surface area contributed by atoms with Crippen LogP contribution in [-0.4, -0.2) is 32.1 Å². The van der Waals surface area contributed by atoms with Crippen molar-refractivity contribution in [2.24, 2.45) is 0 Å². The third kappa shape index (κ3) is 2.06. The average molecular weight is 291 g/mol. The van der Waals surface area contributed by atoms with Crippen molar-refractivity contribution in [1.29, 1.82) is 0 Å². The maximum absolute atomic E-state index is 5.30. The van der Waals surface area contributed by atoms with Gasteiger partial charge in [0, 0.05) is 19.0 Å². The normalized spacial score (nSPS) is 20.7. The fourth-order valence-electron chi connectivity index (χ4n) is 3.88. The van der Waals surface area contributed by atoms with Crippen LogP contribution in [0, 0.1) is 0 Å². The van der Waals surface area contributed by atoms with Crippen LogP contribution in [0.15, 0.2) is 54.1 Å². The first kappa shape index (κ1) is 13.6. The quantitative estimate of drug-likeness (QED) is 0.831. The first-order valence-corrected chi connectivity index (χ1v) is 7.93. The Morgan fingerprint density at radius 1 is 1.05 bits per heavy atom. The highest BCUT2D eigenvalue weighted by atomic mass is 16.5. The number of methoxy groups -OCH3 is 1. The van der Waals surface area contributed by atoms with Crippen LogP contribution < -0.4 is 4.74 Å². The van der Waals surface area contributed by atoms with Crippen molar-refractivity contribution < 1.29 is 4.74 Å². The van der Waals surface area contributed by atoms with Crippen LogP contribution >= 0.6 is 0 Å². The van der Waals surface area contributed by atoms with Crippen LogP contribution in [0.25, 0.3) is 5.57 Å². The molecule has 0 saturated carbocycles. The van der Waals surface area contributed by atoms with Gasteiger partial charge in [0.1, 0.15) is 5.75 Å². The van der Waals surface area contributed by atoms with Crippen molar-refractivity contribution in [2.45, 2.75) is 12.3 Å². The Morgan fingerprint density at radius 3 is 2.59 bits per heavy atom. The molecule has 1 unspecified atom stereocenters. The van der Waals surface area contributed by atoms with Gasteiger partial charge in [0.25, 0.3) is 0 Å². The third-order valence-corrected chi connectivity index (χ3v) is 4.98. The number of benzene rings is 2. The summed E-state index contributed by atoms with van der Waals surface area (Å²) < 4.78 is 5.30. The van der Waals surface area contributed by atoms with Crippen LogP contribution in [0.2, 0.25) is 0 Å². The minimum Gasteiger partial charge on any atom is -0.497 e. The summed E-state index contributed by atoms with van der Waals surface area (Å²) in [5.41, 5.74) is 7.30. The van der Waals surface area contributed by atoms with Gasteiger partial charge in [0.15, 0.2) is 0 Å². The summed E-state index contributed by atoms with van der Waals surface area (Å²) in [6.07, 6.45) is 1.16. The number of nitrogens with zero attached hydrogens (tertiary/aromatic N) is 1. The zero-order valence-corrected chi connectivity index (χ0v) is 13.2. The Labute approximate surface area is 132 Å². The van der Waals surface area contributed by atoms with E-state index in [1.54, 1.807) is 12.7 Å². The zero-order valence-electron chi connectivity index (χ0n) is 13.2. The number of piperidine rings is 1. The lowest BCUT2D eigenvalue weighted by Crippen LogP contribution is -2.31. The molecule has 0 amide bonds. The van der Waals surface area contributed by atoms with Gasteiger partial charge in [0.2, 0.25) is 0 Å². The molecule has 2 aromatic rings. The molecule has 1 fully saturated rings. The molecular formula is C20H21NO. The second-order valence-electron chi connectivity index (χ2n) is 6.28.